The van der Waals surface area contributed by atoms with Gasteiger partial charge in [0, 0.05) is 26.4 Å². The van der Waals surface area contributed by atoms with Crippen molar-refractivity contribution in [2.75, 3.05) is 55.2 Å². The first kappa shape index (κ1) is 35.7. The Labute approximate surface area is 198 Å². The zero-order valence-corrected chi connectivity index (χ0v) is 20.2. The normalized spacial score (nSPS) is 9.68. The molecule has 196 valence electrons. The van der Waals surface area contributed by atoms with Crippen LogP contribution in [0, 0.1) is 0 Å². The molecule has 14 heteroatoms. The molecule has 34 heavy (non-hydrogen) atoms. The number of hydrogen-bond donors (Lipinski definition) is 2. The van der Waals surface area contributed by atoms with Gasteiger partial charge < -0.3 is 29.2 Å². The predicted molar refractivity (Wildman–Crippen MR) is 116 cm³/mol. The van der Waals surface area contributed by atoms with Gasteiger partial charge in [-0.15, -0.1) is 0 Å². The number of nitrogens with zero attached hydrogens (tertiary/aromatic N) is 2. The van der Waals surface area contributed by atoms with E-state index in [9.17, 15) is 28.8 Å². The summed E-state index contributed by atoms with van der Waals surface area (Å²) in [5.74, 6) is -4.09. The Balaban J connectivity index is -0.000000469. The van der Waals surface area contributed by atoms with Gasteiger partial charge in [-0.25, -0.2) is 4.79 Å². The van der Waals surface area contributed by atoms with Gasteiger partial charge in [0.2, 0.25) is 5.78 Å². The van der Waals surface area contributed by atoms with Gasteiger partial charge in [0.25, 0.3) is 0 Å². The first-order valence-corrected chi connectivity index (χ1v) is 9.73. The molecule has 0 fully saturated rings. The number of ether oxygens (including phenoxy) is 3. The summed E-state index contributed by atoms with van der Waals surface area (Å²) in [6.45, 7) is 4.24. The molecule has 14 nitrogen and oxygen atoms in total. The first-order valence-electron chi connectivity index (χ1n) is 9.73. The minimum Gasteiger partial charge on any atom is -0.469 e. The number of esters is 2. The van der Waals surface area contributed by atoms with Crippen molar-refractivity contribution in [1.82, 2.24) is 9.80 Å². The molecule has 0 rings (SSSR count). The standard InChI is InChI=1S/C10H17NO5.C7H9O5.C3H9NO2/c1-8(12)4-5-9(13)10(14)16-7-11(2)6-15-3;1-11-6(9)4-3-5(8)7(10)12-2;1-4(2-5)3-6/h4-7H2,1-3H3;2-4H2,1H3;5-6H,2-3H2,1H3/q;+1;. The molecule has 0 atom stereocenters. The molecule has 0 heterocycles. The Morgan fingerprint density at radius 1 is 0.824 bits per heavy atom. The van der Waals surface area contributed by atoms with E-state index in [0.29, 0.717) is 6.73 Å². The van der Waals surface area contributed by atoms with Gasteiger partial charge in [-0.1, -0.05) is 0 Å². The van der Waals surface area contributed by atoms with Crippen molar-refractivity contribution < 1.29 is 57.6 Å². The minimum atomic E-state index is -1.04. The highest BCUT2D eigenvalue weighted by Crippen LogP contribution is 1.96. The zero-order chi connectivity index (χ0) is 27.1. The molecular weight excluding hydrogens is 460 g/mol. The maximum Gasteiger partial charge on any atom is 0.648 e. The second kappa shape index (κ2) is 23.3. The van der Waals surface area contributed by atoms with Crippen molar-refractivity contribution in [3.8, 4) is 0 Å². The minimum absolute atomic E-state index is 0.0154. The summed E-state index contributed by atoms with van der Waals surface area (Å²) < 4.78 is 17.6. The maximum absolute atomic E-state index is 11.1. The summed E-state index contributed by atoms with van der Waals surface area (Å²) in [7, 11) is 6.00. The van der Waals surface area contributed by atoms with Crippen molar-refractivity contribution in [3.63, 3.8) is 0 Å². The van der Waals surface area contributed by atoms with Crippen molar-refractivity contribution in [1.29, 1.82) is 0 Å². The Morgan fingerprint density at radius 3 is 1.74 bits per heavy atom. The van der Waals surface area contributed by atoms with E-state index in [1.54, 1.807) is 19.0 Å². The first-order chi connectivity index (χ1) is 15.9. The van der Waals surface area contributed by atoms with Crippen LogP contribution in [0.1, 0.15) is 32.6 Å². The Kier molecular flexibility index (Phi) is 24.4. The Hall–Kier alpha value is -2.91. The fourth-order valence-corrected chi connectivity index (χ4v) is 1.44. The molecule has 0 aromatic rings. The number of methoxy groups -OCH3 is 2. The highest BCUT2D eigenvalue weighted by molar-refractivity contribution is 6.33. The second-order valence-electron chi connectivity index (χ2n) is 6.53. The number of hydrogen-bond acceptors (Lipinski definition) is 13. The average Bonchev–Trinajstić information content (AvgIpc) is 2.83. The highest BCUT2D eigenvalue weighted by atomic mass is 16.6. The molecule has 0 aromatic heterocycles. The SMILES string of the molecule is C=[O+]C(=O)C(=O)CCC(=O)OC.CN(CO)CO.COCN(C)COC(=O)C(=O)CCC(C)=O. The lowest BCUT2D eigenvalue weighted by Gasteiger charge is -2.14. The topological polar surface area (TPSA) is 188 Å². The van der Waals surface area contributed by atoms with Crippen molar-refractivity contribution >= 4 is 42.0 Å². The van der Waals surface area contributed by atoms with Crippen LogP contribution >= 0.6 is 0 Å². The average molecular weight is 496 g/mol. The maximum atomic E-state index is 11.1. The third-order valence-corrected chi connectivity index (χ3v) is 3.32. The largest absolute Gasteiger partial charge is 0.648 e. The van der Waals surface area contributed by atoms with E-state index >= 15 is 0 Å². The van der Waals surface area contributed by atoms with Gasteiger partial charge in [0.1, 0.15) is 19.2 Å². The van der Waals surface area contributed by atoms with Crippen molar-refractivity contribution in [2.45, 2.75) is 32.6 Å². The van der Waals surface area contributed by atoms with Gasteiger partial charge in [-0.3, -0.25) is 28.6 Å². The fourth-order valence-electron chi connectivity index (χ4n) is 1.44. The number of carbonyl (C=O) groups is 6. The summed E-state index contributed by atoms with van der Waals surface area (Å²) in [6.07, 6.45) is -0.352. The van der Waals surface area contributed by atoms with Crippen LogP contribution in [-0.2, 0) is 47.4 Å². The molecule has 0 radical (unpaired) electrons. The van der Waals surface area contributed by atoms with Crippen LogP contribution in [-0.4, -0.2) is 117 Å². The lowest BCUT2D eigenvalue weighted by molar-refractivity contribution is -0.362. The van der Waals surface area contributed by atoms with Crippen LogP contribution in [0.25, 0.3) is 0 Å². The summed E-state index contributed by atoms with van der Waals surface area (Å²) in [6, 6.07) is 0. The lowest BCUT2D eigenvalue weighted by atomic mass is 10.2. The van der Waals surface area contributed by atoms with Gasteiger partial charge in [0.15, 0.2) is 6.79 Å². The van der Waals surface area contributed by atoms with Crippen molar-refractivity contribution in [2.24, 2.45) is 0 Å². The number of rotatable bonds is 14. The van der Waals surface area contributed by atoms with E-state index < -0.39 is 29.5 Å². The highest BCUT2D eigenvalue weighted by Gasteiger charge is 2.25. The molecule has 0 bridgehead atoms. The van der Waals surface area contributed by atoms with E-state index in [2.05, 4.69) is 16.0 Å². The van der Waals surface area contributed by atoms with Crippen LogP contribution in [0.4, 0.5) is 0 Å². The molecule has 0 aliphatic heterocycles. The van der Waals surface area contributed by atoms with E-state index in [-0.39, 0.29) is 51.7 Å². The van der Waals surface area contributed by atoms with Gasteiger partial charge in [-0.05, 0) is 21.0 Å². The van der Waals surface area contributed by atoms with E-state index in [0.717, 1.165) is 0 Å². The Morgan fingerprint density at radius 2 is 1.35 bits per heavy atom. The van der Waals surface area contributed by atoms with Crippen molar-refractivity contribution in [3.05, 3.63) is 0 Å². The number of carbonyl (C=O) groups excluding carboxylic acids is 7. The van der Waals surface area contributed by atoms with Crippen LogP contribution < -0.4 is 0 Å². The smallest absolute Gasteiger partial charge is 0.469 e. The van der Waals surface area contributed by atoms with Crippen LogP contribution in [0.5, 0.6) is 0 Å². The van der Waals surface area contributed by atoms with Crippen LogP contribution in [0.15, 0.2) is 0 Å². The zero-order valence-electron chi connectivity index (χ0n) is 20.2. The Bertz CT molecular complexity index is 662. The number of ketones is 3. The molecule has 0 aliphatic rings. The molecule has 0 saturated heterocycles. The van der Waals surface area contributed by atoms with Crippen LogP contribution in [0.3, 0.4) is 0 Å². The van der Waals surface area contributed by atoms with Gasteiger partial charge in [0.05, 0.1) is 31.8 Å². The molecular formula is C20H35N2O12+. The third-order valence-electron chi connectivity index (χ3n) is 3.32. The molecule has 2 N–H and O–H groups in total. The lowest BCUT2D eigenvalue weighted by Crippen LogP contribution is -2.28. The summed E-state index contributed by atoms with van der Waals surface area (Å²) in [4.78, 5) is 67.4. The van der Waals surface area contributed by atoms with Gasteiger partial charge >= 0.3 is 23.7 Å². The molecule has 0 unspecified atom stereocenters. The van der Waals surface area contributed by atoms with E-state index in [1.165, 1.54) is 26.0 Å². The van der Waals surface area contributed by atoms with Gasteiger partial charge in [-0.2, -0.15) is 0 Å². The summed E-state index contributed by atoms with van der Waals surface area (Å²) in [5, 5.41) is 16.2. The quantitative estimate of drug-likeness (QED) is 0.119. The van der Waals surface area contributed by atoms with Crippen LogP contribution in [0.2, 0.25) is 0 Å². The second-order valence-corrected chi connectivity index (χ2v) is 6.53. The molecule has 0 aliphatic carbocycles. The molecule has 0 saturated carbocycles. The molecule has 0 aromatic carbocycles. The third kappa shape index (κ3) is 23.7. The summed E-state index contributed by atoms with van der Waals surface area (Å²) in [5.41, 5.74) is 0. The predicted octanol–water partition coefficient (Wildman–Crippen LogP) is -1.82. The molecule has 0 spiro atoms. The summed E-state index contributed by atoms with van der Waals surface area (Å²) >= 11 is 0. The number of Topliss-reactive ketones (excluding diaryl/α,β-unsaturated/α-hetero) is 3. The van der Waals surface area contributed by atoms with E-state index in [1.807, 2.05) is 0 Å². The number of aliphatic hydroxyl groups excluding tert-OH is 2. The fraction of sp³-hybridized carbons (Fsp3) is 0.650. The number of aliphatic hydroxyl groups is 2. The molecule has 0 amide bonds. The monoisotopic (exact) mass is 495 g/mol. The van der Waals surface area contributed by atoms with E-state index in [4.69, 9.17) is 19.7 Å².